The van der Waals surface area contributed by atoms with E-state index in [2.05, 4.69) is 32.0 Å². The molecule has 1 aliphatic rings. The molecule has 2 nitrogen and oxygen atoms in total. The van der Waals surface area contributed by atoms with Gasteiger partial charge in [-0.25, -0.2) is 4.74 Å². The first-order valence-electron chi connectivity index (χ1n) is 9.77. The minimum Gasteiger partial charge on any atom is -0.309 e. The van der Waals surface area contributed by atoms with Gasteiger partial charge in [0.05, 0.1) is 5.69 Å². The van der Waals surface area contributed by atoms with Crippen molar-refractivity contribution in [1.82, 2.24) is 0 Å². The van der Waals surface area contributed by atoms with Crippen LogP contribution < -0.4 is 10.6 Å². The van der Waals surface area contributed by atoms with Crippen molar-refractivity contribution in [2.75, 3.05) is 0 Å². The second-order valence-corrected chi connectivity index (χ2v) is 10.1. The molecule has 0 bridgehead atoms. The lowest BCUT2D eigenvalue weighted by molar-refractivity contribution is 0.593. The van der Waals surface area contributed by atoms with Crippen molar-refractivity contribution in [1.29, 1.82) is 0 Å². The molecule has 4 heteroatoms. The van der Waals surface area contributed by atoms with Crippen molar-refractivity contribution in [2.24, 2.45) is 4.74 Å². The van der Waals surface area contributed by atoms with Gasteiger partial charge in [0, 0.05) is 21.5 Å². The lowest BCUT2D eigenvalue weighted by Crippen LogP contribution is -2.15. The van der Waals surface area contributed by atoms with Crippen LogP contribution in [0.5, 0.6) is 0 Å². The molecule has 0 aromatic heterocycles. The van der Waals surface area contributed by atoms with Gasteiger partial charge in [-0.15, -0.1) is 0 Å². The summed E-state index contributed by atoms with van der Waals surface area (Å²) in [6.45, 7) is 0. The van der Waals surface area contributed by atoms with E-state index in [4.69, 9.17) is 0 Å². The minimum atomic E-state index is -3.05. The first kappa shape index (κ1) is 18.9. The Morgan fingerprint density at radius 1 is 0.633 bits per heavy atom. The largest absolute Gasteiger partial charge is 0.309 e. The van der Waals surface area contributed by atoms with Crippen LogP contribution in [-0.2, 0) is 4.57 Å². The van der Waals surface area contributed by atoms with Gasteiger partial charge in [-0.3, -0.25) is 0 Å². The summed E-state index contributed by atoms with van der Waals surface area (Å²) in [5, 5.41) is 2.65. The van der Waals surface area contributed by atoms with E-state index in [0.717, 1.165) is 43.9 Å². The zero-order valence-corrected chi connectivity index (χ0v) is 18.1. The van der Waals surface area contributed by atoms with Gasteiger partial charge in [0.2, 0.25) is 0 Å². The summed E-state index contributed by atoms with van der Waals surface area (Å²) in [6.07, 6.45) is 0. The van der Waals surface area contributed by atoms with Gasteiger partial charge >= 0.3 is 0 Å². The van der Waals surface area contributed by atoms with Crippen LogP contribution in [0.4, 0.5) is 5.69 Å². The number of rotatable bonds is 4. The first-order valence-corrected chi connectivity index (χ1v) is 11.9. The van der Waals surface area contributed by atoms with Crippen molar-refractivity contribution in [3.63, 3.8) is 0 Å². The zero-order chi connectivity index (χ0) is 20.6. The molecule has 0 amide bonds. The van der Waals surface area contributed by atoms with Crippen LogP contribution in [0, 0.1) is 0 Å². The molecule has 1 atom stereocenters. The molecule has 0 saturated carbocycles. The maximum atomic E-state index is 15.0. The maximum Gasteiger partial charge on any atom is 0.172 e. The van der Waals surface area contributed by atoms with Crippen molar-refractivity contribution >= 4 is 43.4 Å². The van der Waals surface area contributed by atoms with Crippen LogP contribution in [0.15, 0.2) is 114 Å². The van der Waals surface area contributed by atoms with Gasteiger partial charge in [-0.2, -0.15) is 0 Å². The van der Waals surface area contributed by atoms with Gasteiger partial charge in [-0.1, -0.05) is 97.1 Å². The third-order valence-corrected chi connectivity index (χ3v) is 8.98. The SMILES string of the molecule is O=P1(c2ccccc2)C(c2ccc(N=P)cc2)=C(c2ccccc2)c2ccccc21. The summed E-state index contributed by atoms with van der Waals surface area (Å²) in [4.78, 5) is 0. The number of fused-ring (bicyclic) bond motifs is 1. The molecule has 5 rings (SSSR count). The highest BCUT2D eigenvalue weighted by Crippen LogP contribution is 2.65. The number of hydrogen-bond donors (Lipinski definition) is 0. The Morgan fingerprint density at radius 3 is 1.90 bits per heavy atom. The Hall–Kier alpha value is -3.05. The van der Waals surface area contributed by atoms with Crippen LogP contribution in [-0.4, -0.2) is 0 Å². The van der Waals surface area contributed by atoms with Crippen LogP contribution in [0.1, 0.15) is 16.7 Å². The Kier molecular flexibility index (Phi) is 4.83. The molecular formula is C26H19NOP2. The fourth-order valence-electron chi connectivity index (χ4n) is 4.19. The lowest BCUT2D eigenvalue weighted by atomic mass is 9.96. The zero-order valence-electron chi connectivity index (χ0n) is 16.2. The molecule has 144 valence electrons. The standard InChI is InChI=1S/C26H19NOP2/c28-30(22-11-5-2-6-12-22)24-14-8-7-13-23(24)25(19-9-3-1-4-10-19)26(30)20-15-17-21(27-29)18-16-20/h1-18,29H. The third kappa shape index (κ3) is 2.92. The van der Waals surface area contributed by atoms with Crippen LogP contribution in [0.3, 0.4) is 0 Å². The molecule has 0 N–H and O–H groups in total. The number of benzene rings is 4. The van der Waals surface area contributed by atoms with Gasteiger partial charge in [0.25, 0.3) is 0 Å². The highest BCUT2D eigenvalue weighted by Gasteiger charge is 2.43. The van der Waals surface area contributed by atoms with Gasteiger partial charge in [-0.05, 0) is 37.9 Å². The van der Waals surface area contributed by atoms with Crippen LogP contribution in [0.25, 0.3) is 10.9 Å². The Morgan fingerprint density at radius 2 is 1.23 bits per heavy atom. The van der Waals surface area contributed by atoms with Crippen LogP contribution >= 0.6 is 16.2 Å². The average Bonchev–Trinajstić information content (AvgIpc) is 3.10. The van der Waals surface area contributed by atoms with E-state index in [0.29, 0.717) is 0 Å². The van der Waals surface area contributed by atoms with Crippen molar-refractivity contribution < 1.29 is 4.57 Å². The molecule has 30 heavy (non-hydrogen) atoms. The molecule has 4 aromatic rings. The van der Waals surface area contributed by atoms with Crippen molar-refractivity contribution in [3.8, 4) is 0 Å². The molecule has 0 spiro atoms. The van der Waals surface area contributed by atoms with E-state index < -0.39 is 7.14 Å². The van der Waals surface area contributed by atoms with Crippen molar-refractivity contribution in [3.05, 3.63) is 126 Å². The Bertz CT molecular complexity index is 1310. The molecule has 0 saturated heterocycles. The van der Waals surface area contributed by atoms with Crippen molar-refractivity contribution in [2.45, 2.75) is 0 Å². The quantitative estimate of drug-likeness (QED) is 0.329. The third-order valence-electron chi connectivity index (χ3n) is 5.52. The van der Waals surface area contributed by atoms with E-state index in [1.165, 1.54) is 0 Å². The Balaban J connectivity index is 1.90. The predicted molar refractivity (Wildman–Crippen MR) is 129 cm³/mol. The summed E-state index contributed by atoms with van der Waals surface area (Å²) in [7, 11) is 0.153. The average molecular weight is 423 g/mol. The van der Waals surface area contributed by atoms with E-state index in [1.807, 2.05) is 91.0 Å². The van der Waals surface area contributed by atoms with Gasteiger partial charge in [0.1, 0.15) is 0 Å². The fourth-order valence-corrected chi connectivity index (χ4v) is 7.61. The summed E-state index contributed by atoms with van der Waals surface area (Å²) in [6, 6.07) is 36.1. The molecule has 0 radical (unpaired) electrons. The first-order chi connectivity index (χ1) is 14.7. The fraction of sp³-hybridized carbons (Fsp3) is 0. The summed E-state index contributed by atoms with van der Waals surface area (Å²) >= 11 is 0. The van der Waals surface area contributed by atoms with E-state index in [-0.39, 0.29) is 0 Å². The van der Waals surface area contributed by atoms with E-state index in [9.17, 15) is 0 Å². The normalized spacial score (nSPS) is 17.6. The number of nitrogens with zero attached hydrogens (tertiary/aromatic N) is 1. The molecule has 4 aromatic carbocycles. The Labute approximate surface area is 178 Å². The van der Waals surface area contributed by atoms with E-state index in [1.54, 1.807) is 0 Å². The predicted octanol–water partition coefficient (Wildman–Crippen LogP) is 6.89. The molecule has 0 aliphatic carbocycles. The lowest BCUT2D eigenvalue weighted by Gasteiger charge is -2.19. The minimum absolute atomic E-state index is 0.822. The van der Waals surface area contributed by atoms with Gasteiger partial charge in [0.15, 0.2) is 7.14 Å². The molecule has 0 fully saturated rings. The highest BCUT2D eigenvalue weighted by atomic mass is 31.2. The summed E-state index contributed by atoms with van der Waals surface area (Å²) < 4.78 is 19.1. The van der Waals surface area contributed by atoms with Gasteiger partial charge < -0.3 is 4.57 Å². The molecule has 1 aliphatic heterocycles. The number of hydrogen-bond acceptors (Lipinski definition) is 2. The van der Waals surface area contributed by atoms with E-state index >= 15 is 4.57 Å². The molecular weight excluding hydrogens is 404 g/mol. The second-order valence-electron chi connectivity index (χ2n) is 7.21. The smallest absolute Gasteiger partial charge is 0.172 e. The highest BCUT2D eigenvalue weighted by molar-refractivity contribution is 7.88. The maximum absolute atomic E-state index is 15.0. The molecule has 1 unspecified atom stereocenters. The summed E-state index contributed by atoms with van der Waals surface area (Å²) in [5.74, 6) is 0. The molecule has 1 heterocycles. The second kappa shape index (κ2) is 7.65. The topological polar surface area (TPSA) is 29.4 Å². The summed E-state index contributed by atoms with van der Waals surface area (Å²) in [5.41, 5.74) is 4.93. The monoisotopic (exact) mass is 423 g/mol. The van der Waals surface area contributed by atoms with Crippen LogP contribution in [0.2, 0.25) is 0 Å².